The fraction of sp³-hybridized carbons (Fsp3) is 0.500. The van der Waals surface area contributed by atoms with E-state index in [0.29, 0.717) is 13.1 Å². The van der Waals surface area contributed by atoms with Crippen molar-refractivity contribution >= 4 is 34.0 Å². The number of hydrogen-bond donors (Lipinski definition) is 2. The van der Waals surface area contributed by atoms with Crippen LogP contribution in [0, 0.1) is 6.92 Å². The molecule has 0 unspecified atom stereocenters. The van der Waals surface area contributed by atoms with Crippen molar-refractivity contribution in [2.75, 3.05) is 19.6 Å². The molecule has 0 amide bonds. The number of aryl methyl sites for hydroxylation is 1. The van der Waals surface area contributed by atoms with Crippen molar-refractivity contribution < 1.29 is 8.42 Å². The van der Waals surface area contributed by atoms with Crippen molar-refractivity contribution in [1.82, 2.24) is 10.0 Å². The number of halogens is 2. The Morgan fingerprint density at radius 2 is 1.89 bits per heavy atom. The molecule has 0 saturated heterocycles. The average Bonchev–Trinajstić information content (AvgIpc) is 2.32. The molecule has 110 valence electrons. The molecule has 0 saturated carbocycles. The van der Waals surface area contributed by atoms with Crippen LogP contribution in [0.1, 0.15) is 18.9 Å². The maximum Gasteiger partial charge on any atom is 0.242 e. The highest BCUT2D eigenvalue weighted by Crippen LogP contribution is 2.21. The molecule has 1 aromatic rings. The molecule has 0 aliphatic carbocycles. The van der Waals surface area contributed by atoms with Gasteiger partial charge in [0.25, 0.3) is 0 Å². The smallest absolute Gasteiger partial charge is 0.242 e. The van der Waals surface area contributed by atoms with E-state index in [-0.39, 0.29) is 22.3 Å². The quantitative estimate of drug-likeness (QED) is 0.756. The van der Waals surface area contributed by atoms with Crippen LogP contribution < -0.4 is 10.0 Å². The van der Waals surface area contributed by atoms with E-state index in [0.717, 1.165) is 18.5 Å². The van der Waals surface area contributed by atoms with Gasteiger partial charge in [-0.1, -0.05) is 24.6 Å². The Morgan fingerprint density at radius 3 is 2.53 bits per heavy atom. The summed E-state index contributed by atoms with van der Waals surface area (Å²) in [5, 5.41) is 3.37. The SMILES string of the molecule is CCCNCCNS(=O)(=O)c1cc(C)ccc1Cl.Cl. The van der Waals surface area contributed by atoms with Crippen molar-refractivity contribution in [2.24, 2.45) is 0 Å². The van der Waals surface area contributed by atoms with Crippen LogP contribution in [0.4, 0.5) is 0 Å². The van der Waals surface area contributed by atoms with Gasteiger partial charge in [-0.25, -0.2) is 13.1 Å². The Morgan fingerprint density at radius 1 is 1.21 bits per heavy atom. The second-order valence-electron chi connectivity index (χ2n) is 4.08. The molecule has 0 fully saturated rings. The van der Waals surface area contributed by atoms with Crippen molar-refractivity contribution in [2.45, 2.75) is 25.2 Å². The van der Waals surface area contributed by atoms with Gasteiger partial charge in [0.1, 0.15) is 4.90 Å². The molecule has 0 aromatic heterocycles. The minimum Gasteiger partial charge on any atom is -0.315 e. The first kappa shape index (κ1) is 18.7. The lowest BCUT2D eigenvalue weighted by atomic mass is 10.2. The van der Waals surface area contributed by atoms with Crippen LogP contribution in [0.2, 0.25) is 5.02 Å². The Bertz CT molecular complexity index is 493. The topological polar surface area (TPSA) is 58.2 Å². The predicted molar refractivity (Wildman–Crippen MR) is 81.8 cm³/mol. The van der Waals surface area contributed by atoms with Crippen LogP contribution in [0.5, 0.6) is 0 Å². The number of rotatable bonds is 7. The third-order valence-corrected chi connectivity index (χ3v) is 4.34. The molecule has 7 heteroatoms. The molecule has 0 spiro atoms. The van der Waals surface area contributed by atoms with Gasteiger partial charge < -0.3 is 5.32 Å². The van der Waals surface area contributed by atoms with E-state index in [2.05, 4.69) is 17.0 Å². The molecule has 4 nitrogen and oxygen atoms in total. The first-order valence-electron chi connectivity index (χ1n) is 5.94. The Labute approximate surface area is 126 Å². The molecule has 19 heavy (non-hydrogen) atoms. The van der Waals surface area contributed by atoms with E-state index >= 15 is 0 Å². The summed E-state index contributed by atoms with van der Waals surface area (Å²) in [6.45, 7) is 5.73. The first-order chi connectivity index (χ1) is 8.47. The third-order valence-electron chi connectivity index (χ3n) is 2.40. The zero-order chi connectivity index (χ0) is 13.6. The first-order valence-corrected chi connectivity index (χ1v) is 7.80. The van der Waals surface area contributed by atoms with E-state index in [1.54, 1.807) is 18.2 Å². The predicted octanol–water partition coefficient (Wildman–Crippen LogP) is 2.35. The van der Waals surface area contributed by atoms with Gasteiger partial charge >= 0.3 is 0 Å². The summed E-state index contributed by atoms with van der Waals surface area (Å²) >= 11 is 5.91. The van der Waals surface area contributed by atoms with E-state index in [9.17, 15) is 8.42 Å². The highest BCUT2D eigenvalue weighted by molar-refractivity contribution is 7.89. The lowest BCUT2D eigenvalue weighted by Crippen LogP contribution is -2.32. The second-order valence-corrected chi connectivity index (χ2v) is 6.22. The number of nitrogens with one attached hydrogen (secondary N) is 2. The zero-order valence-corrected chi connectivity index (χ0v) is 13.5. The van der Waals surface area contributed by atoms with Crippen LogP contribution in [0.15, 0.2) is 23.1 Å². The number of hydrogen-bond acceptors (Lipinski definition) is 3. The summed E-state index contributed by atoms with van der Waals surface area (Å²) in [5.74, 6) is 0. The van der Waals surface area contributed by atoms with Gasteiger partial charge in [0.2, 0.25) is 10.0 Å². The zero-order valence-electron chi connectivity index (χ0n) is 11.1. The minimum absolute atomic E-state index is 0. The fourth-order valence-electron chi connectivity index (χ4n) is 1.47. The van der Waals surface area contributed by atoms with Gasteiger partial charge in [0.05, 0.1) is 5.02 Å². The molecule has 0 bridgehead atoms. The van der Waals surface area contributed by atoms with E-state index < -0.39 is 10.0 Å². The molecule has 0 aliphatic heterocycles. The lowest BCUT2D eigenvalue weighted by molar-refractivity contribution is 0.575. The van der Waals surface area contributed by atoms with Crippen LogP contribution in [0.3, 0.4) is 0 Å². The van der Waals surface area contributed by atoms with Gasteiger partial charge in [0, 0.05) is 13.1 Å². The monoisotopic (exact) mass is 326 g/mol. The van der Waals surface area contributed by atoms with Crippen molar-refractivity contribution in [1.29, 1.82) is 0 Å². The molecular formula is C12H20Cl2N2O2S. The Kier molecular flexibility index (Phi) is 8.61. The van der Waals surface area contributed by atoms with E-state index in [4.69, 9.17) is 11.6 Å². The largest absolute Gasteiger partial charge is 0.315 e. The van der Waals surface area contributed by atoms with Crippen LogP contribution in [-0.4, -0.2) is 28.1 Å². The second kappa shape index (κ2) is 8.76. The molecule has 2 N–H and O–H groups in total. The Balaban J connectivity index is 0.00000324. The number of benzene rings is 1. The van der Waals surface area contributed by atoms with Crippen molar-refractivity contribution in [3.63, 3.8) is 0 Å². The maximum absolute atomic E-state index is 12.0. The summed E-state index contributed by atoms with van der Waals surface area (Å²) in [4.78, 5) is 0.139. The fourth-order valence-corrected chi connectivity index (χ4v) is 3.08. The minimum atomic E-state index is -3.52. The molecule has 0 aliphatic rings. The van der Waals surface area contributed by atoms with E-state index in [1.165, 1.54) is 0 Å². The maximum atomic E-state index is 12.0. The summed E-state index contributed by atoms with van der Waals surface area (Å²) in [6.07, 6.45) is 1.02. The van der Waals surface area contributed by atoms with Gasteiger partial charge in [-0.05, 0) is 37.6 Å². The van der Waals surface area contributed by atoms with Crippen LogP contribution >= 0.6 is 24.0 Å². The molecule has 0 radical (unpaired) electrons. The summed E-state index contributed by atoms with van der Waals surface area (Å²) in [7, 11) is -3.52. The van der Waals surface area contributed by atoms with Gasteiger partial charge in [0.15, 0.2) is 0 Å². The highest BCUT2D eigenvalue weighted by Gasteiger charge is 2.17. The highest BCUT2D eigenvalue weighted by atomic mass is 35.5. The lowest BCUT2D eigenvalue weighted by Gasteiger charge is -2.09. The molecule has 0 heterocycles. The van der Waals surface area contributed by atoms with Crippen LogP contribution in [-0.2, 0) is 10.0 Å². The molecule has 1 aromatic carbocycles. The molecule has 0 atom stereocenters. The summed E-state index contributed by atoms with van der Waals surface area (Å²) < 4.78 is 26.6. The standard InChI is InChI=1S/C12H19ClN2O2S.ClH/c1-3-6-14-7-8-15-18(16,17)12-9-10(2)4-5-11(12)13;/h4-5,9,14-15H,3,6-8H2,1-2H3;1H. The van der Waals surface area contributed by atoms with E-state index in [1.807, 2.05) is 6.92 Å². The van der Waals surface area contributed by atoms with Crippen LogP contribution in [0.25, 0.3) is 0 Å². The third kappa shape index (κ3) is 6.10. The number of sulfonamides is 1. The van der Waals surface area contributed by atoms with Gasteiger partial charge in [-0.2, -0.15) is 0 Å². The van der Waals surface area contributed by atoms with Crippen molar-refractivity contribution in [3.05, 3.63) is 28.8 Å². The molecule has 1 rings (SSSR count). The summed E-state index contributed by atoms with van der Waals surface area (Å²) in [5.41, 5.74) is 0.865. The Hall–Kier alpha value is -0.330. The normalized spacial score (nSPS) is 11.1. The van der Waals surface area contributed by atoms with Gasteiger partial charge in [-0.15, -0.1) is 12.4 Å². The summed E-state index contributed by atoms with van der Waals surface area (Å²) in [6, 6.07) is 4.95. The van der Waals surface area contributed by atoms with Gasteiger partial charge in [-0.3, -0.25) is 0 Å². The average molecular weight is 327 g/mol. The van der Waals surface area contributed by atoms with Crippen molar-refractivity contribution in [3.8, 4) is 0 Å². The molecular weight excluding hydrogens is 307 g/mol.